The van der Waals surface area contributed by atoms with Gasteiger partial charge in [-0.25, -0.2) is 0 Å². The van der Waals surface area contributed by atoms with Crippen molar-refractivity contribution in [3.8, 4) is 11.5 Å². The fourth-order valence-corrected chi connectivity index (χ4v) is 3.85. The van der Waals surface area contributed by atoms with Gasteiger partial charge in [0.1, 0.15) is 11.5 Å². The maximum atomic E-state index is 10.2. The van der Waals surface area contributed by atoms with E-state index in [4.69, 9.17) is 4.74 Å². The number of hydrogen-bond acceptors (Lipinski definition) is 4. The van der Waals surface area contributed by atoms with E-state index < -0.39 is 0 Å². The van der Waals surface area contributed by atoms with Crippen LogP contribution in [0.3, 0.4) is 0 Å². The summed E-state index contributed by atoms with van der Waals surface area (Å²) in [5, 5.41) is 13.7. The van der Waals surface area contributed by atoms with Crippen LogP contribution in [0.2, 0.25) is 0 Å². The SMILES string of the molecule is COc1ccc(O)c(CN2CCNCC23CCCCC3)c1. The summed E-state index contributed by atoms with van der Waals surface area (Å²) in [6.45, 7) is 3.98. The van der Waals surface area contributed by atoms with Crippen molar-refractivity contribution in [3.63, 3.8) is 0 Å². The number of ether oxygens (including phenoxy) is 1. The Kier molecular flexibility index (Phi) is 4.36. The number of hydrogen-bond donors (Lipinski definition) is 2. The van der Waals surface area contributed by atoms with E-state index in [2.05, 4.69) is 10.2 Å². The molecule has 4 nitrogen and oxygen atoms in total. The van der Waals surface area contributed by atoms with E-state index >= 15 is 0 Å². The lowest BCUT2D eigenvalue weighted by Crippen LogP contribution is -2.61. The second-order valence-electron chi connectivity index (χ2n) is 6.38. The third-order valence-electron chi connectivity index (χ3n) is 5.12. The van der Waals surface area contributed by atoms with Crippen molar-refractivity contribution in [3.05, 3.63) is 23.8 Å². The van der Waals surface area contributed by atoms with Gasteiger partial charge in [0.05, 0.1) is 7.11 Å². The van der Waals surface area contributed by atoms with Gasteiger partial charge in [-0.2, -0.15) is 0 Å². The van der Waals surface area contributed by atoms with Gasteiger partial charge in [-0.1, -0.05) is 19.3 Å². The lowest BCUT2D eigenvalue weighted by molar-refractivity contribution is 0.0203. The van der Waals surface area contributed by atoms with Crippen molar-refractivity contribution in [2.75, 3.05) is 26.7 Å². The average Bonchev–Trinajstić information content (AvgIpc) is 2.52. The largest absolute Gasteiger partial charge is 0.508 e. The molecule has 1 aromatic rings. The molecule has 1 saturated carbocycles. The second kappa shape index (κ2) is 6.24. The van der Waals surface area contributed by atoms with Crippen LogP contribution in [-0.4, -0.2) is 42.3 Å². The first-order valence-electron chi connectivity index (χ1n) is 8.05. The van der Waals surface area contributed by atoms with Gasteiger partial charge in [-0.15, -0.1) is 0 Å². The summed E-state index contributed by atoms with van der Waals surface area (Å²) in [6.07, 6.45) is 6.54. The van der Waals surface area contributed by atoms with Crippen molar-refractivity contribution in [1.29, 1.82) is 0 Å². The molecule has 1 saturated heterocycles. The smallest absolute Gasteiger partial charge is 0.120 e. The van der Waals surface area contributed by atoms with Crippen molar-refractivity contribution in [2.45, 2.75) is 44.2 Å². The Bertz CT molecular complexity index is 475. The molecule has 3 rings (SSSR count). The van der Waals surface area contributed by atoms with Crippen LogP contribution in [0.25, 0.3) is 0 Å². The van der Waals surface area contributed by atoms with Crippen molar-refractivity contribution in [2.24, 2.45) is 0 Å². The first-order valence-corrected chi connectivity index (χ1v) is 8.05. The molecule has 1 aliphatic carbocycles. The standard InChI is InChI=1S/C17H26N2O2/c1-21-15-5-6-16(20)14(11-15)12-19-10-9-18-13-17(19)7-3-2-4-8-17/h5-6,11,18,20H,2-4,7-10,12-13H2,1H3. The van der Waals surface area contributed by atoms with Crippen molar-refractivity contribution >= 4 is 0 Å². The molecule has 2 aliphatic rings. The third kappa shape index (κ3) is 3.01. The van der Waals surface area contributed by atoms with Gasteiger partial charge in [0.15, 0.2) is 0 Å². The van der Waals surface area contributed by atoms with Crippen LogP contribution < -0.4 is 10.1 Å². The molecule has 4 heteroatoms. The Morgan fingerprint density at radius 1 is 1.29 bits per heavy atom. The Morgan fingerprint density at radius 3 is 2.86 bits per heavy atom. The quantitative estimate of drug-likeness (QED) is 0.898. The lowest BCUT2D eigenvalue weighted by atomic mass is 9.79. The van der Waals surface area contributed by atoms with Crippen LogP contribution in [0.1, 0.15) is 37.7 Å². The Labute approximate surface area is 127 Å². The predicted octanol–water partition coefficient (Wildman–Crippen LogP) is 2.51. The third-order valence-corrected chi connectivity index (χ3v) is 5.12. The molecule has 1 heterocycles. The zero-order valence-electron chi connectivity index (χ0n) is 12.9. The van der Waals surface area contributed by atoms with Crippen LogP contribution in [0.4, 0.5) is 0 Å². The van der Waals surface area contributed by atoms with E-state index in [0.29, 0.717) is 5.75 Å². The average molecular weight is 290 g/mol. The number of piperazine rings is 1. The van der Waals surface area contributed by atoms with Crippen LogP contribution in [-0.2, 0) is 6.54 Å². The summed E-state index contributed by atoms with van der Waals surface area (Å²) < 4.78 is 5.29. The fourth-order valence-electron chi connectivity index (χ4n) is 3.85. The van der Waals surface area contributed by atoms with Gasteiger partial charge in [0.25, 0.3) is 0 Å². The number of phenols is 1. The molecule has 0 bridgehead atoms. The molecule has 0 unspecified atom stereocenters. The summed E-state index contributed by atoms with van der Waals surface area (Å²) in [4.78, 5) is 2.58. The Balaban J connectivity index is 1.81. The van der Waals surface area contributed by atoms with Crippen molar-refractivity contribution in [1.82, 2.24) is 10.2 Å². The minimum atomic E-state index is 0.284. The molecule has 0 aromatic heterocycles. The zero-order chi connectivity index (χ0) is 14.7. The summed E-state index contributed by atoms with van der Waals surface area (Å²) in [5.41, 5.74) is 1.26. The van der Waals surface area contributed by atoms with E-state index in [1.165, 1.54) is 32.1 Å². The van der Waals surface area contributed by atoms with Gasteiger partial charge in [-0.3, -0.25) is 4.90 Å². The summed E-state index contributed by atoms with van der Waals surface area (Å²) >= 11 is 0. The van der Waals surface area contributed by atoms with Crippen LogP contribution in [0.15, 0.2) is 18.2 Å². The highest BCUT2D eigenvalue weighted by Gasteiger charge is 2.39. The molecule has 0 amide bonds. The molecular weight excluding hydrogens is 264 g/mol. The van der Waals surface area contributed by atoms with E-state index in [-0.39, 0.29) is 5.54 Å². The molecule has 116 valence electrons. The molecule has 1 spiro atoms. The first kappa shape index (κ1) is 14.7. The minimum Gasteiger partial charge on any atom is -0.508 e. The molecule has 1 aliphatic heterocycles. The van der Waals surface area contributed by atoms with E-state index in [1.54, 1.807) is 13.2 Å². The highest BCUT2D eigenvalue weighted by Crippen LogP contribution is 2.36. The van der Waals surface area contributed by atoms with Crippen LogP contribution >= 0.6 is 0 Å². The number of nitrogens with zero attached hydrogens (tertiary/aromatic N) is 1. The zero-order valence-corrected chi connectivity index (χ0v) is 12.9. The normalized spacial score (nSPS) is 22.3. The number of phenolic OH excluding ortho intramolecular Hbond substituents is 1. The van der Waals surface area contributed by atoms with Gasteiger partial charge >= 0.3 is 0 Å². The number of benzene rings is 1. The van der Waals surface area contributed by atoms with Crippen LogP contribution in [0.5, 0.6) is 11.5 Å². The van der Waals surface area contributed by atoms with Gasteiger partial charge < -0.3 is 15.2 Å². The highest BCUT2D eigenvalue weighted by molar-refractivity contribution is 5.39. The van der Waals surface area contributed by atoms with E-state index in [0.717, 1.165) is 37.5 Å². The molecule has 0 radical (unpaired) electrons. The predicted molar refractivity (Wildman–Crippen MR) is 83.8 cm³/mol. The Morgan fingerprint density at radius 2 is 2.10 bits per heavy atom. The second-order valence-corrected chi connectivity index (χ2v) is 6.38. The summed E-state index contributed by atoms with van der Waals surface area (Å²) in [7, 11) is 1.67. The Hall–Kier alpha value is -1.26. The molecular formula is C17H26N2O2. The lowest BCUT2D eigenvalue weighted by Gasteiger charge is -2.50. The number of rotatable bonds is 3. The maximum absolute atomic E-state index is 10.2. The maximum Gasteiger partial charge on any atom is 0.120 e. The van der Waals surface area contributed by atoms with E-state index in [1.807, 2.05) is 12.1 Å². The minimum absolute atomic E-state index is 0.284. The molecule has 0 atom stereocenters. The summed E-state index contributed by atoms with van der Waals surface area (Å²) in [5.74, 6) is 1.19. The fraction of sp³-hybridized carbons (Fsp3) is 0.647. The highest BCUT2D eigenvalue weighted by atomic mass is 16.5. The topological polar surface area (TPSA) is 44.7 Å². The van der Waals surface area contributed by atoms with Gasteiger partial charge in [-0.05, 0) is 31.0 Å². The molecule has 1 aromatic carbocycles. The van der Waals surface area contributed by atoms with Crippen molar-refractivity contribution < 1.29 is 9.84 Å². The first-order chi connectivity index (χ1) is 10.2. The van der Waals surface area contributed by atoms with Gasteiger partial charge in [0, 0.05) is 37.3 Å². The molecule has 2 fully saturated rings. The monoisotopic (exact) mass is 290 g/mol. The molecule has 21 heavy (non-hydrogen) atoms. The number of nitrogens with one attached hydrogen (secondary N) is 1. The summed E-state index contributed by atoms with van der Waals surface area (Å²) in [6, 6.07) is 5.52. The van der Waals surface area contributed by atoms with Gasteiger partial charge in [0.2, 0.25) is 0 Å². The molecule has 2 N–H and O–H groups in total. The number of aromatic hydroxyl groups is 1. The number of methoxy groups -OCH3 is 1. The van der Waals surface area contributed by atoms with E-state index in [9.17, 15) is 5.11 Å². The van der Waals surface area contributed by atoms with Crippen LogP contribution in [0, 0.1) is 0 Å².